The molecule has 1 rings (SSSR count). The van der Waals surface area contributed by atoms with E-state index >= 15 is 0 Å². The third-order valence-corrected chi connectivity index (χ3v) is 4.63. The molecule has 1 heterocycles. The number of methoxy groups -OCH3 is 1. The third kappa shape index (κ3) is 5.80. The number of rotatable bonds is 9. The molecule has 0 aromatic carbocycles. The molecule has 1 unspecified atom stereocenters. The highest BCUT2D eigenvalue weighted by Gasteiger charge is 2.10. The van der Waals surface area contributed by atoms with E-state index in [2.05, 4.69) is 51.4 Å². The summed E-state index contributed by atoms with van der Waals surface area (Å²) in [6.07, 6.45) is 0. The Morgan fingerprint density at radius 3 is 2.89 bits per heavy atom. The van der Waals surface area contributed by atoms with E-state index in [4.69, 9.17) is 4.74 Å². The maximum absolute atomic E-state index is 5.20. The van der Waals surface area contributed by atoms with E-state index in [1.165, 1.54) is 9.35 Å². The van der Waals surface area contributed by atoms with Gasteiger partial charge >= 0.3 is 0 Å². The maximum atomic E-state index is 5.20. The van der Waals surface area contributed by atoms with Crippen LogP contribution in [0.4, 0.5) is 0 Å². The Morgan fingerprint density at radius 2 is 2.33 bits per heavy atom. The van der Waals surface area contributed by atoms with Gasteiger partial charge < -0.3 is 10.1 Å². The molecule has 1 atom stereocenters. The van der Waals surface area contributed by atoms with Gasteiger partial charge in [-0.1, -0.05) is 6.92 Å². The summed E-state index contributed by atoms with van der Waals surface area (Å²) < 4.78 is 6.37. The number of hydrogen-bond acceptors (Lipinski definition) is 4. The van der Waals surface area contributed by atoms with Crippen molar-refractivity contribution in [2.45, 2.75) is 26.4 Å². The summed E-state index contributed by atoms with van der Waals surface area (Å²) in [4.78, 5) is 3.80. The van der Waals surface area contributed by atoms with Gasteiger partial charge in [0.1, 0.15) is 0 Å². The van der Waals surface area contributed by atoms with Crippen LogP contribution in [0.25, 0.3) is 0 Å². The van der Waals surface area contributed by atoms with Crippen LogP contribution in [-0.2, 0) is 11.3 Å². The molecule has 0 spiro atoms. The number of nitrogens with one attached hydrogen (secondary N) is 1. The first-order valence-electron chi connectivity index (χ1n) is 6.34. The lowest BCUT2D eigenvalue weighted by molar-refractivity contribution is 0.103. The molecule has 18 heavy (non-hydrogen) atoms. The maximum Gasteiger partial charge on any atom is 0.0615 e. The number of ether oxygens (including phenoxy) is 1. The molecule has 1 N–H and O–H groups in total. The standard InChI is InChI=1S/C13H23BrN2OS/c1-4-16(11(2)9-17-3)6-5-15-8-13-7-12(14)10-18-13/h7,10-11,15H,4-6,8-9H2,1-3H3. The van der Waals surface area contributed by atoms with Crippen molar-refractivity contribution in [1.82, 2.24) is 10.2 Å². The summed E-state index contributed by atoms with van der Waals surface area (Å²) in [5.74, 6) is 0. The fourth-order valence-electron chi connectivity index (χ4n) is 1.92. The predicted octanol–water partition coefficient (Wildman–Crippen LogP) is 2.96. The van der Waals surface area contributed by atoms with Crippen LogP contribution < -0.4 is 5.32 Å². The molecule has 5 heteroatoms. The molecule has 3 nitrogen and oxygen atoms in total. The Labute approximate surface area is 123 Å². The highest BCUT2D eigenvalue weighted by molar-refractivity contribution is 9.10. The van der Waals surface area contributed by atoms with Crippen LogP contribution >= 0.6 is 27.3 Å². The van der Waals surface area contributed by atoms with E-state index in [-0.39, 0.29) is 0 Å². The van der Waals surface area contributed by atoms with Crippen LogP contribution in [0.1, 0.15) is 18.7 Å². The summed E-state index contributed by atoms with van der Waals surface area (Å²) in [5, 5.41) is 5.60. The van der Waals surface area contributed by atoms with E-state index in [1.54, 1.807) is 18.4 Å². The molecule has 1 aromatic heterocycles. The van der Waals surface area contributed by atoms with Gasteiger partial charge in [-0.25, -0.2) is 0 Å². The highest BCUT2D eigenvalue weighted by Crippen LogP contribution is 2.19. The molecule has 0 bridgehead atoms. The first-order chi connectivity index (χ1) is 8.67. The Kier molecular flexibility index (Phi) is 8.10. The third-order valence-electron chi connectivity index (χ3n) is 2.93. The molecule has 0 radical (unpaired) electrons. The smallest absolute Gasteiger partial charge is 0.0615 e. The van der Waals surface area contributed by atoms with Crippen LogP contribution in [0.3, 0.4) is 0 Å². The van der Waals surface area contributed by atoms with E-state index in [0.29, 0.717) is 6.04 Å². The summed E-state index contributed by atoms with van der Waals surface area (Å²) in [6.45, 7) is 9.30. The van der Waals surface area contributed by atoms with Gasteiger partial charge in [0.05, 0.1) is 6.61 Å². The number of thiophene rings is 1. The number of hydrogen-bond donors (Lipinski definition) is 1. The van der Waals surface area contributed by atoms with Gasteiger partial charge in [0.2, 0.25) is 0 Å². The van der Waals surface area contributed by atoms with Crippen molar-refractivity contribution in [1.29, 1.82) is 0 Å². The van der Waals surface area contributed by atoms with E-state index in [9.17, 15) is 0 Å². The lowest BCUT2D eigenvalue weighted by atomic mass is 10.3. The van der Waals surface area contributed by atoms with Crippen molar-refractivity contribution >= 4 is 27.3 Å². The quantitative estimate of drug-likeness (QED) is 0.702. The number of likely N-dealkylation sites (N-methyl/N-ethyl adjacent to an activating group) is 1. The minimum Gasteiger partial charge on any atom is -0.383 e. The van der Waals surface area contributed by atoms with Crippen molar-refractivity contribution in [3.63, 3.8) is 0 Å². The zero-order valence-electron chi connectivity index (χ0n) is 11.4. The second-order valence-electron chi connectivity index (χ2n) is 4.34. The first kappa shape index (κ1) is 16.1. The molecular weight excluding hydrogens is 312 g/mol. The Balaban J connectivity index is 2.19. The van der Waals surface area contributed by atoms with E-state index < -0.39 is 0 Å². The normalized spacial score (nSPS) is 13.2. The van der Waals surface area contributed by atoms with Crippen molar-refractivity contribution < 1.29 is 4.74 Å². The Bertz CT molecular complexity index is 333. The topological polar surface area (TPSA) is 24.5 Å². The van der Waals surface area contributed by atoms with Gasteiger partial charge in [-0.15, -0.1) is 11.3 Å². The predicted molar refractivity (Wildman–Crippen MR) is 82.3 cm³/mol. The summed E-state index contributed by atoms with van der Waals surface area (Å²) in [7, 11) is 1.76. The largest absolute Gasteiger partial charge is 0.383 e. The van der Waals surface area contributed by atoms with Crippen molar-refractivity contribution in [3.8, 4) is 0 Å². The number of halogens is 1. The first-order valence-corrected chi connectivity index (χ1v) is 8.01. The van der Waals surface area contributed by atoms with Gasteiger partial charge in [0.15, 0.2) is 0 Å². The average molecular weight is 335 g/mol. The zero-order chi connectivity index (χ0) is 13.4. The fourth-order valence-corrected chi connectivity index (χ4v) is 3.34. The molecule has 0 aliphatic heterocycles. The number of nitrogens with zero attached hydrogens (tertiary/aromatic N) is 1. The molecule has 104 valence electrons. The van der Waals surface area contributed by atoms with Crippen LogP contribution in [0.2, 0.25) is 0 Å². The SMILES string of the molecule is CCN(CCNCc1cc(Br)cs1)C(C)COC. The monoisotopic (exact) mass is 334 g/mol. The fraction of sp³-hybridized carbons (Fsp3) is 0.692. The molecule has 0 saturated heterocycles. The van der Waals surface area contributed by atoms with Gasteiger partial charge in [0, 0.05) is 47.5 Å². The summed E-state index contributed by atoms with van der Waals surface area (Å²) >= 11 is 5.26. The molecule has 0 amide bonds. The van der Waals surface area contributed by atoms with Gasteiger partial charge in [-0.05, 0) is 35.5 Å². The summed E-state index contributed by atoms with van der Waals surface area (Å²) in [6, 6.07) is 2.65. The molecular formula is C13H23BrN2OS. The second-order valence-corrected chi connectivity index (χ2v) is 6.25. The van der Waals surface area contributed by atoms with Gasteiger partial charge in [-0.3, -0.25) is 4.90 Å². The van der Waals surface area contributed by atoms with Crippen LogP contribution in [0.15, 0.2) is 15.9 Å². The minimum atomic E-state index is 0.484. The Morgan fingerprint density at radius 1 is 1.56 bits per heavy atom. The van der Waals surface area contributed by atoms with Gasteiger partial charge in [-0.2, -0.15) is 0 Å². The van der Waals surface area contributed by atoms with Crippen molar-refractivity contribution in [2.75, 3.05) is 33.4 Å². The van der Waals surface area contributed by atoms with Crippen LogP contribution in [0.5, 0.6) is 0 Å². The highest BCUT2D eigenvalue weighted by atomic mass is 79.9. The van der Waals surface area contributed by atoms with Crippen molar-refractivity contribution in [2.24, 2.45) is 0 Å². The average Bonchev–Trinajstić information content (AvgIpc) is 2.75. The Hall–Kier alpha value is 0.0600. The van der Waals surface area contributed by atoms with Crippen molar-refractivity contribution in [3.05, 3.63) is 20.8 Å². The zero-order valence-corrected chi connectivity index (χ0v) is 13.8. The molecule has 1 aromatic rings. The lowest BCUT2D eigenvalue weighted by Crippen LogP contribution is -2.40. The van der Waals surface area contributed by atoms with Crippen LogP contribution in [-0.4, -0.2) is 44.3 Å². The van der Waals surface area contributed by atoms with Crippen LogP contribution in [0, 0.1) is 0 Å². The molecule has 0 saturated carbocycles. The summed E-state index contributed by atoms with van der Waals surface area (Å²) in [5.41, 5.74) is 0. The van der Waals surface area contributed by atoms with E-state index in [0.717, 1.165) is 32.8 Å². The molecule has 0 aliphatic carbocycles. The van der Waals surface area contributed by atoms with E-state index in [1.807, 2.05) is 0 Å². The van der Waals surface area contributed by atoms with Gasteiger partial charge in [0.25, 0.3) is 0 Å². The lowest BCUT2D eigenvalue weighted by Gasteiger charge is -2.27. The minimum absolute atomic E-state index is 0.484. The molecule has 0 aliphatic rings. The second kappa shape index (κ2) is 9.04. The molecule has 0 fully saturated rings.